The van der Waals surface area contributed by atoms with Gasteiger partial charge in [0.05, 0.1) is 20.5 Å². The molecular weight excluding hydrogens is 288 g/mol. The van der Waals surface area contributed by atoms with Crippen molar-refractivity contribution in [1.29, 1.82) is 0 Å². The van der Waals surface area contributed by atoms with Gasteiger partial charge in [-0.25, -0.2) is 4.79 Å². The highest BCUT2D eigenvalue weighted by atomic mass is 16.5. The molecule has 1 saturated carbocycles. The van der Waals surface area contributed by atoms with E-state index in [1.54, 1.807) is 0 Å². The van der Waals surface area contributed by atoms with Gasteiger partial charge < -0.3 is 9.47 Å². The Hall–Kier alpha value is -2.55. The number of ether oxygens (including phenoxy) is 2. The van der Waals surface area contributed by atoms with Gasteiger partial charge in [0, 0.05) is 0 Å². The number of benzene rings is 2. The Kier molecular flexibility index (Phi) is 4.47. The van der Waals surface area contributed by atoms with Crippen LogP contribution in [-0.2, 0) is 14.3 Å². The molecule has 1 aliphatic rings. The van der Waals surface area contributed by atoms with Crippen LogP contribution in [-0.4, -0.2) is 20.2 Å². The summed E-state index contributed by atoms with van der Waals surface area (Å²) in [5.41, 5.74) is 3.88. The summed E-state index contributed by atoms with van der Waals surface area (Å²) >= 11 is 0. The maximum atomic E-state index is 12.1. The van der Waals surface area contributed by atoms with Crippen molar-refractivity contribution < 1.29 is 14.3 Å². The van der Waals surface area contributed by atoms with Crippen molar-refractivity contribution in [2.75, 3.05) is 14.2 Å². The van der Waals surface area contributed by atoms with Crippen LogP contribution in [0.3, 0.4) is 0 Å². The first kappa shape index (κ1) is 15.3. The zero-order valence-corrected chi connectivity index (χ0v) is 13.4. The van der Waals surface area contributed by atoms with Gasteiger partial charge in [0.2, 0.25) is 0 Å². The molecule has 0 heterocycles. The van der Waals surface area contributed by atoms with E-state index in [0.29, 0.717) is 17.4 Å². The molecule has 0 bridgehead atoms. The molecule has 0 N–H and O–H groups in total. The van der Waals surface area contributed by atoms with E-state index in [2.05, 4.69) is 30.3 Å². The van der Waals surface area contributed by atoms with Gasteiger partial charge in [-0.2, -0.15) is 0 Å². The quantitative estimate of drug-likeness (QED) is 0.473. The second-order valence-electron chi connectivity index (χ2n) is 5.71. The van der Waals surface area contributed by atoms with E-state index < -0.39 is 0 Å². The Balaban J connectivity index is 1.93. The van der Waals surface area contributed by atoms with Crippen LogP contribution in [0.2, 0.25) is 0 Å². The topological polar surface area (TPSA) is 35.5 Å². The van der Waals surface area contributed by atoms with Gasteiger partial charge in [-0.15, -0.1) is 0 Å². The number of hydrogen-bond donors (Lipinski definition) is 0. The zero-order chi connectivity index (χ0) is 16.2. The van der Waals surface area contributed by atoms with Crippen LogP contribution < -0.4 is 0 Å². The molecular formula is C20H20O3. The monoisotopic (exact) mass is 308 g/mol. The molecule has 0 aromatic heterocycles. The van der Waals surface area contributed by atoms with Crippen molar-refractivity contribution in [2.24, 2.45) is 0 Å². The van der Waals surface area contributed by atoms with Gasteiger partial charge in [-0.3, -0.25) is 0 Å². The normalized spacial score (nSPS) is 20.0. The van der Waals surface area contributed by atoms with E-state index in [0.717, 1.165) is 12.0 Å². The predicted molar refractivity (Wildman–Crippen MR) is 90.0 cm³/mol. The summed E-state index contributed by atoms with van der Waals surface area (Å²) in [6.45, 7) is 0. The number of hydrogen-bond acceptors (Lipinski definition) is 3. The molecule has 0 aliphatic heterocycles. The molecule has 3 rings (SSSR count). The molecule has 118 valence electrons. The second kappa shape index (κ2) is 6.69. The summed E-state index contributed by atoms with van der Waals surface area (Å²) in [5, 5.41) is 0. The smallest absolute Gasteiger partial charge is 0.341 e. The van der Waals surface area contributed by atoms with Crippen LogP contribution in [0, 0.1) is 0 Å². The molecule has 3 nitrogen and oxygen atoms in total. The predicted octanol–water partition coefficient (Wildman–Crippen LogP) is 4.12. The first-order valence-corrected chi connectivity index (χ1v) is 7.71. The molecule has 1 fully saturated rings. The lowest BCUT2D eigenvalue weighted by molar-refractivity contribution is -0.133. The molecule has 0 amide bonds. The van der Waals surface area contributed by atoms with Crippen LogP contribution in [0.4, 0.5) is 0 Å². The summed E-state index contributed by atoms with van der Waals surface area (Å²) in [5.74, 6) is 0.563. The molecule has 0 spiro atoms. The van der Waals surface area contributed by atoms with Crippen molar-refractivity contribution in [3.8, 4) is 0 Å². The van der Waals surface area contributed by atoms with E-state index in [1.165, 1.54) is 31.6 Å². The number of methoxy groups -OCH3 is 2. The van der Waals surface area contributed by atoms with Crippen LogP contribution in [0.5, 0.6) is 0 Å². The molecule has 0 saturated heterocycles. The van der Waals surface area contributed by atoms with Gasteiger partial charge in [0.25, 0.3) is 0 Å². The Bertz CT molecular complexity index is 719. The summed E-state index contributed by atoms with van der Waals surface area (Å²) in [6.07, 6.45) is 2.56. The third-order valence-electron chi connectivity index (χ3n) is 4.31. The molecule has 1 aliphatic carbocycles. The lowest BCUT2D eigenvalue weighted by Crippen LogP contribution is -2.06. The molecule has 3 heteroatoms. The van der Waals surface area contributed by atoms with E-state index >= 15 is 0 Å². The highest BCUT2D eigenvalue weighted by molar-refractivity contribution is 6.16. The van der Waals surface area contributed by atoms with Gasteiger partial charge in [-0.1, -0.05) is 54.6 Å². The Morgan fingerprint density at radius 2 is 1.70 bits per heavy atom. The molecule has 2 aromatic carbocycles. The fourth-order valence-electron chi connectivity index (χ4n) is 3.12. The standard InChI is InChI=1S/C20H20O3/c1-22-13-19(20(21)23-2)16-11-7-6-10-15(16)18-12-17(18)14-8-4-3-5-9-14/h3-11,13,17-18H,12H2,1-2H3/b19-13+/t17-,18-/m0/s1. The van der Waals surface area contributed by atoms with Crippen molar-refractivity contribution in [3.63, 3.8) is 0 Å². The number of esters is 1. The third-order valence-corrected chi connectivity index (χ3v) is 4.31. The van der Waals surface area contributed by atoms with Crippen LogP contribution in [0.15, 0.2) is 60.9 Å². The third kappa shape index (κ3) is 3.14. The minimum Gasteiger partial charge on any atom is -0.503 e. The second-order valence-corrected chi connectivity index (χ2v) is 5.71. The lowest BCUT2D eigenvalue weighted by Gasteiger charge is -2.11. The van der Waals surface area contributed by atoms with Crippen molar-refractivity contribution >= 4 is 11.5 Å². The Morgan fingerprint density at radius 1 is 1.00 bits per heavy atom. The fourth-order valence-corrected chi connectivity index (χ4v) is 3.12. The molecule has 0 unspecified atom stereocenters. The Labute approximate surface area is 136 Å². The summed E-state index contributed by atoms with van der Waals surface area (Å²) < 4.78 is 9.98. The maximum Gasteiger partial charge on any atom is 0.341 e. The fraction of sp³-hybridized carbons (Fsp3) is 0.250. The number of carbonyl (C=O) groups is 1. The average molecular weight is 308 g/mol. The average Bonchev–Trinajstić information content (AvgIpc) is 3.40. The largest absolute Gasteiger partial charge is 0.503 e. The zero-order valence-electron chi connectivity index (χ0n) is 13.4. The molecule has 2 atom stereocenters. The van der Waals surface area contributed by atoms with Gasteiger partial charge in [0.1, 0.15) is 5.57 Å². The summed E-state index contributed by atoms with van der Waals surface area (Å²) in [4.78, 5) is 12.1. The number of rotatable bonds is 5. The van der Waals surface area contributed by atoms with Gasteiger partial charge in [0.15, 0.2) is 0 Å². The minimum absolute atomic E-state index is 0.379. The summed E-state index contributed by atoms with van der Waals surface area (Å²) in [6, 6.07) is 18.5. The van der Waals surface area contributed by atoms with Gasteiger partial charge in [-0.05, 0) is 34.9 Å². The highest BCUT2D eigenvalue weighted by Gasteiger charge is 2.41. The summed E-state index contributed by atoms with van der Waals surface area (Å²) in [7, 11) is 2.92. The maximum absolute atomic E-state index is 12.1. The van der Waals surface area contributed by atoms with Gasteiger partial charge >= 0.3 is 5.97 Å². The van der Waals surface area contributed by atoms with Crippen molar-refractivity contribution in [3.05, 3.63) is 77.5 Å². The minimum atomic E-state index is -0.379. The van der Waals surface area contributed by atoms with Crippen LogP contribution in [0.25, 0.3) is 5.57 Å². The van der Waals surface area contributed by atoms with E-state index in [1.807, 2.05) is 24.3 Å². The lowest BCUT2D eigenvalue weighted by atomic mass is 9.95. The first-order chi connectivity index (χ1) is 11.3. The highest BCUT2D eigenvalue weighted by Crippen LogP contribution is 2.55. The SMILES string of the molecule is CO/C=C(/C(=O)OC)c1ccccc1[C@@H]1C[C@H]1c1ccccc1. The first-order valence-electron chi connectivity index (χ1n) is 7.71. The van der Waals surface area contributed by atoms with Crippen molar-refractivity contribution in [1.82, 2.24) is 0 Å². The molecule has 0 radical (unpaired) electrons. The van der Waals surface area contributed by atoms with Crippen LogP contribution >= 0.6 is 0 Å². The molecule has 2 aromatic rings. The van der Waals surface area contributed by atoms with Crippen molar-refractivity contribution in [2.45, 2.75) is 18.3 Å². The Morgan fingerprint density at radius 3 is 2.39 bits per heavy atom. The van der Waals surface area contributed by atoms with E-state index in [9.17, 15) is 4.79 Å². The van der Waals surface area contributed by atoms with Crippen LogP contribution in [0.1, 0.15) is 34.9 Å². The van der Waals surface area contributed by atoms with E-state index in [4.69, 9.17) is 9.47 Å². The number of carbonyl (C=O) groups excluding carboxylic acids is 1. The van der Waals surface area contributed by atoms with E-state index in [-0.39, 0.29) is 5.97 Å². The molecule has 23 heavy (non-hydrogen) atoms.